The standard InChI is InChI=1S/C20H19F3N4O3/c1-12(10-18(29)25-17-5-3-4-15(11-17)20(21,22)23)26-27-19(30)14-6-8-16(9-7-14)24-13(2)28/h3-5,8-9,11H,6,10H2,1-2H3,(H,24,28)(H,25,29)(H,27,30). The quantitative estimate of drug-likeness (QED) is 0.375. The van der Waals surface area contributed by atoms with Crippen LogP contribution in [0, 0.1) is 0 Å². The highest BCUT2D eigenvalue weighted by atomic mass is 19.4. The molecule has 0 bridgehead atoms. The van der Waals surface area contributed by atoms with Crippen LogP contribution in [-0.4, -0.2) is 23.4 Å². The molecule has 7 nitrogen and oxygen atoms in total. The molecule has 0 atom stereocenters. The van der Waals surface area contributed by atoms with E-state index in [0.717, 1.165) is 12.1 Å². The van der Waals surface area contributed by atoms with Gasteiger partial charge in [0.15, 0.2) is 0 Å². The van der Waals surface area contributed by atoms with E-state index >= 15 is 0 Å². The first-order chi connectivity index (χ1) is 14.0. The molecule has 1 aromatic carbocycles. The van der Waals surface area contributed by atoms with Gasteiger partial charge in [0.2, 0.25) is 11.8 Å². The highest BCUT2D eigenvalue weighted by molar-refractivity contribution is 6.06. The van der Waals surface area contributed by atoms with Crippen molar-refractivity contribution in [1.82, 2.24) is 10.7 Å². The number of nitrogens with one attached hydrogen (secondary N) is 3. The molecule has 0 spiro atoms. The Balaban J connectivity index is 1.90. The molecule has 30 heavy (non-hydrogen) atoms. The van der Waals surface area contributed by atoms with Crippen LogP contribution in [0.2, 0.25) is 0 Å². The largest absolute Gasteiger partial charge is 0.416 e. The smallest absolute Gasteiger partial charge is 0.326 e. The molecule has 0 unspecified atom stereocenters. The summed E-state index contributed by atoms with van der Waals surface area (Å²) >= 11 is 0. The average Bonchev–Trinajstić information content (AvgIpc) is 2.65. The van der Waals surface area contributed by atoms with Gasteiger partial charge in [-0.15, -0.1) is 5.73 Å². The number of hydrogen-bond acceptors (Lipinski definition) is 4. The van der Waals surface area contributed by atoms with E-state index in [9.17, 15) is 27.6 Å². The Morgan fingerprint density at radius 1 is 1.17 bits per heavy atom. The SMILES string of the molecule is CC(=O)NC1=CCC(C(=O)NN=C(C)CC(=O)Nc2cccc(C(F)(F)F)c2)=C=C1. The molecular weight excluding hydrogens is 401 g/mol. The van der Waals surface area contributed by atoms with Crippen LogP contribution in [0.4, 0.5) is 18.9 Å². The highest BCUT2D eigenvalue weighted by Gasteiger charge is 2.30. The first kappa shape index (κ1) is 22.6. The molecule has 0 aliphatic heterocycles. The number of alkyl halides is 3. The zero-order valence-electron chi connectivity index (χ0n) is 16.2. The Morgan fingerprint density at radius 3 is 2.50 bits per heavy atom. The number of hydrogen-bond donors (Lipinski definition) is 3. The van der Waals surface area contributed by atoms with E-state index in [-0.39, 0.29) is 35.7 Å². The van der Waals surface area contributed by atoms with E-state index < -0.39 is 23.6 Å². The van der Waals surface area contributed by atoms with Crippen LogP contribution in [0.25, 0.3) is 0 Å². The molecule has 0 radical (unpaired) electrons. The lowest BCUT2D eigenvalue weighted by molar-refractivity contribution is -0.137. The zero-order chi connectivity index (χ0) is 22.3. The van der Waals surface area contributed by atoms with Gasteiger partial charge in [0.05, 0.1) is 17.6 Å². The van der Waals surface area contributed by atoms with E-state index in [0.29, 0.717) is 5.70 Å². The first-order valence-corrected chi connectivity index (χ1v) is 8.78. The van der Waals surface area contributed by atoms with Crippen molar-refractivity contribution in [2.24, 2.45) is 5.10 Å². The first-order valence-electron chi connectivity index (χ1n) is 8.78. The molecule has 0 saturated carbocycles. The van der Waals surface area contributed by atoms with E-state index in [1.54, 1.807) is 6.08 Å². The number of hydrazone groups is 1. The van der Waals surface area contributed by atoms with E-state index in [2.05, 4.69) is 26.9 Å². The monoisotopic (exact) mass is 420 g/mol. The summed E-state index contributed by atoms with van der Waals surface area (Å²) in [5.41, 5.74) is 5.24. The molecule has 1 aromatic rings. The number of carbonyl (C=O) groups is 3. The van der Waals surface area contributed by atoms with Crippen LogP contribution in [0.1, 0.15) is 32.3 Å². The Kier molecular flexibility index (Phi) is 7.32. The van der Waals surface area contributed by atoms with Gasteiger partial charge in [0.25, 0.3) is 5.91 Å². The summed E-state index contributed by atoms with van der Waals surface area (Å²) in [5, 5.41) is 8.74. The maximum Gasteiger partial charge on any atom is 0.416 e. The topological polar surface area (TPSA) is 99.7 Å². The van der Waals surface area contributed by atoms with Gasteiger partial charge in [-0.1, -0.05) is 12.1 Å². The van der Waals surface area contributed by atoms with Gasteiger partial charge < -0.3 is 10.6 Å². The Hall–Kier alpha value is -3.65. The molecule has 2 rings (SSSR count). The molecule has 0 aromatic heterocycles. The molecular formula is C20H19F3N4O3. The van der Waals surface area contributed by atoms with Crippen molar-refractivity contribution in [2.45, 2.75) is 32.9 Å². The summed E-state index contributed by atoms with van der Waals surface area (Å²) in [7, 11) is 0. The summed E-state index contributed by atoms with van der Waals surface area (Å²) in [6, 6.07) is 4.26. The summed E-state index contributed by atoms with van der Waals surface area (Å²) in [6.45, 7) is 2.85. The number of halogens is 3. The summed E-state index contributed by atoms with van der Waals surface area (Å²) in [4.78, 5) is 35.1. The molecule has 1 aliphatic rings. The fourth-order valence-electron chi connectivity index (χ4n) is 2.41. The number of carbonyl (C=O) groups excluding carboxylic acids is 3. The van der Waals surface area contributed by atoms with Crippen LogP contribution in [0.5, 0.6) is 0 Å². The van der Waals surface area contributed by atoms with Crippen LogP contribution in [0.15, 0.2) is 58.5 Å². The number of anilines is 1. The summed E-state index contributed by atoms with van der Waals surface area (Å²) in [6.07, 6.45) is -1.39. The van der Waals surface area contributed by atoms with E-state index in [4.69, 9.17) is 0 Å². The third-order valence-electron chi connectivity index (χ3n) is 3.76. The molecule has 0 saturated heterocycles. The molecule has 0 fully saturated rings. The van der Waals surface area contributed by atoms with Crippen LogP contribution >= 0.6 is 0 Å². The number of amides is 3. The van der Waals surface area contributed by atoms with Gasteiger partial charge in [0.1, 0.15) is 0 Å². The maximum atomic E-state index is 12.7. The van der Waals surface area contributed by atoms with Crippen molar-refractivity contribution in [3.05, 3.63) is 59.0 Å². The van der Waals surface area contributed by atoms with Gasteiger partial charge in [-0.3, -0.25) is 14.4 Å². The second-order valence-electron chi connectivity index (χ2n) is 6.40. The Bertz CT molecular complexity index is 987. The predicted molar refractivity (Wildman–Crippen MR) is 104 cm³/mol. The second-order valence-corrected chi connectivity index (χ2v) is 6.40. The van der Waals surface area contributed by atoms with Crippen molar-refractivity contribution in [3.63, 3.8) is 0 Å². The van der Waals surface area contributed by atoms with Gasteiger partial charge in [0, 0.05) is 36.5 Å². The van der Waals surface area contributed by atoms with Crippen molar-refractivity contribution >= 4 is 29.1 Å². The minimum atomic E-state index is -4.51. The molecule has 10 heteroatoms. The lowest BCUT2D eigenvalue weighted by Gasteiger charge is -2.10. The number of rotatable bonds is 6. The fraction of sp³-hybridized carbons (Fsp3) is 0.250. The number of allylic oxidation sites excluding steroid dienone is 2. The number of nitrogens with zero attached hydrogens (tertiary/aromatic N) is 1. The molecule has 158 valence electrons. The van der Waals surface area contributed by atoms with Crippen LogP contribution in [-0.2, 0) is 20.6 Å². The van der Waals surface area contributed by atoms with E-state index in [1.807, 2.05) is 0 Å². The summed E-state index contributed by atoms with van der Waals surface area (Å²) in [5.74, 6) is -1.35. The second kappa shape index (κ2) is 9.71. The average molecular weight is 420 g/mol. The zero-order valence-corrected chi connectivity index (χ0v) is 16.2. The fourth-order valence-corrected chi connectivity index (χ4v) is 2.41. The predicted octanol–water partition coefficient (Wildman–Crippen LogP) is 3.03. The highest BCUT2D eigenvalue weighted by Crippen LogP contribution is 2.30. The molecule has 1 aliphatic carbocycles. The van der Waals surface area contributed by atoms with Crippen LogP contribution in [0.3, 0.4) is 0 Å². The van der Waals surface area contributed by atoms with Crippen molar-refractivity contribution in [3.8, 4) is 0 Å². The van der Waals surface area contributed by atoms with E-state index in [1.165, 1.54) is 32.1 Å². The van der Waals surface area contributed by atoms with Gasteiger partial charge in [-0.05, 0) is 25.1 Å². The molecule has 0 heterocycles. The van der Waals surface area contributed by atoms with Gasteiger partial charge in [-0.2, -0.15) is 18.3 Å². The lowest BCUT2D eigenvalue weighted by Crippen LogP contribution is -2.24. The third-order valence-corrected chi connectivity index (χ3v) is 3.76. The van der Waals surface area contributed by atoms with Gasteiger partial charge in [-0.25, -0.2) is 5.43 Å². The van der Waals surface area contributed by atoms with Crippen molar-refractivity contribution < 1.29 is 27.6 Å². The number of benzene rings is 1. The Morgan fingerprint density at radius 2 is 1.90 bits per heavy atom. The Labute approximate surface area is 170 Å². The van der Waals surface area contributed by atoms with Crippen molar-refractivity contribution in [2.75, 3.05) is 5.32 Å². The maximum absolute atomic E-state index is 12.7. The molecule has 3 N–H and O–H groups in total. The lowest BCUT2D eigenvalue weighted by atomic mass is 10.1. The molecule has 3 amide bonds. The van der Waals surface area contributed by atoms with Crippen LogP contribution < -0.4 is 16.1 Å². The minimum Gasteiger partial charge on any atom is -0.326 e. The minimum absolute atomic E-state index is 0.00548. The third kappa shape index (κ3) is 7.06. The summed E-state index contributed by atoms with van der Waals surface area (Å²) < 4.78 is 38.2. The normalized spacial score (nSPS) is 13.8. The van der Waals surface area contributed by atoms with Gasteiger partial charge >= 0.3 is 6.18 Å². The van der Waals surface area contributed by atoms with Crippen molar-refractivity contribution in [1.29, 1.82) is 0 Å².